The predicted octanol–water partition coefficient (Wildman–Crippen LogP) is 1.05. The van der Waals surface area contributed by atoms with Gasteiger partial charge in [0.2, 0.25) is 0 Å². The molecule has 1 atom stereocenters. The summed E-state index contributed by atoms with van der Waals surface area (Å²) in [6.45, 7) is -0.411. The molecule has 0 fully saturated rings. The van der Waals surface area contributed by atoms with Gasteiger partial charge in [-0.05, 0) is 36.1 Å². The van der Waals surface area contributed by atoms with Crippen molar-refractivity contribution in [3.05, 3.63) is 57.9 Å². The largest absolute Gasteiger partial charge is 0.480 e. The van der Waals surface area contributed by atoms with Crippen LogP contribution in [0.2, 0.25) is 0 Å². The zero-order valence-electron chi connectivity index (χ0n) is 11.6. The molecule has 1 aromatic carbocycles. The van der Waals surface area contributed by atoms with Gasteiger partial charge in [0.1, 0.15) is 12.4 Å². The Morgan fingerprint density at radius 3 is 2.95 bits per heavy atom. The van der Waals surface area contributed by atoms with Crippen LogP contribution in [0.1, 0.15) is 11.1 Å². The second-order valence-electron chi connectivity index (χ2n) is 5.27. The fourth-order valence-electron chi connectivity index (χ4n) is 2.70. The van der Waals surface area contributed by atoms with E-state index in [4.69, 9.17) is 5.11 Å². The van der Waals surface area contributed by atoms with Crippen LogP contribution in [-0.4, -0.2) is 26.7 Å². The van der Waals surface area contributed by atoms with Crippen LogP contribution in [0.3, 0.4) is 0 Å². The number of carboxylic acid groups (broad SMARTS) is 1. The fourth-order valence-corrected chi connectivity index (χ4v) is 2.70. The Labute approximate surface area is 125 Å². The van der Waals surface area contributed by atoms with Gasteiger partial charge in [-0.3, -0.25) is 14.2 Å². The maximum absolute atomic E-state index is 13.2. The lowest BCUT2D eigenvalue weighted by Crippen LogP contribution is -2.31. The third-order valence-electron chi connectivity index (χ3n) is 3.66. The van der Waals surface area contributed by atoms with E-state index in [-0.39, 0.29) is 17.7 Å². The van der Waals surface area contributed by atoms with E-state index < -0.39 is 18.1 Å². The molecule has 1 unspecified atom stereocenters. The summed E-state index contributed by atoms with van der Waals surface area (Å²) in [4.78, 5) is 26.8. The first-order valence-electron chi connectivity index (χ1n) is 6.84. The minimum absolute atomic E-state index is 0.0577. The van der Waals surface area contributed by atoms with Crippen LogP contribution in [0.15, 0.2) is 35.4 Å². The second-order valence-corrected chi connectivity index (χ2v) is 5.27. The average Bonchev–Trinajstić information content (AvgIpc) is 2.84. The number of nitrogens with zero attached hydrogens (tertiary/aromatic N) is 2. The molecular formula is C15H14FN3O3. The number of hydrogen-bond acceptors (Lipinski definition) is 4. The minimum Gasteiger partial charge on any atom is -0.480 e. The number of carboxylic acids is 1. The number of anilines is 1. The van der Waals surface area contributed by atoms with E-state index in [0.29, 0.717) is 12.8 Å². The SMILES string of the molecule is O=C(O)Cn1ccnc(NC2Cc3ccc(F)cc3C2)c1=O. The van der Waals surface area contributed by atoms with Gasteiger partial charge in [0.25, 0.3) is 5.56 Å². The van der Waals surface area contributed by atoms with Crippen LogP contribution in [-0.2, 0) is 24.2 Å². The van der Waals surface area contributed by atoms with Gasteiger partial charge in [-0.2, -0.15) is 0 Å². The molecule has 0 spiro atoms. The number of aromatic nitrogens is 2. The normalized spacial score (nSPS) is 16.3. The number of aliphatic carboxylic acids is 1. The molecule has 2 aromatic rings. The first-order chi connectivity index (χ1) is 10.5. The smallest absolute Gasteiger partial charge is 0.323 e. The van der Waals surface area contributed by atoms with E-state index >= 15 is 0 Å². The molecule has 0 bridgehead atoms. The number of nitrogens with one attached hydrogen (secondary N) is 1. The Bertz CT molecular complexity index is 788. The van der Waals surface area contributed by atoms with Crippen molar-refractivity contribution < 1.29 is 14.3 Å². The van der Waals surface area contributed by atoms with Crippen LogP contribution >= 0.6 is 0 Å². The summed E-state index contributed by atoms with van der Waals surface area (Å²) in [5, 5.41) is 11.8. The molecule has 0 amide bonds. The van der Waals surface area contributed by atoms with Crippen LogP contribution in [0.4, 0.5) is 10.2 Å². The highest BCUT2D eigenvalue weighted by Gasteiger charge is 2.23. The minimum atomic E-state index is -1.09. The molecule has 2 N–H and O–H groups in total. The van der Waals surface area contributed by atoms with Gasteiger partial charge >= 0.3 is 5.97 Å². The van der Waals surface area contributed by atoms with Gasteiger partial charge in [-0.15, -0.1) is 0 Å². The third-order valence-corrected chi connectivity index (χ3v) is 3.66. The van der Waals surface area contributed by atoms with E-state index in [1.165, 1.54) is 24.5 Å². The van der Waals surface area contributed by atoms with Gasteiger partial charge in [0.05, 0.1) is 0 Å². The molecule has 0 saturated heterocycles. The van der Waals surface area contributed by atoms with Crippen molar-refractivity contribution in [2.24, 2.45) is 0 Å². The topological polar surface area (TPSA) is 84.2 Å². The summed E-state index contributed by atoms with van der Waals surface area (Å²) in [6, 6.07) is 4.60. The quantitative estimate of drug-likeness (QED) is 0.882. The Morgan fingerprint density at radius 1 is 1.41 bits per heavy atom. The van der Waals surface area contributed by atoms with Gasteiger partial charge < -0.3 is 10.4 Å². The lowest BCUT2D eigenvalue weighted by Gasteiger charge is -2.13. The number of benzene rings is 1. The van der Waals surface area contributed by atoms with E-state index in [0.717, 1.165) is 15.7 Å². The second kappa shape index (κ2) is 5.59. The van der Waals surface area contributed by atoms with Crippen LogP contribution in [0, 0.1) is 5.82 Å². The Morgan fingerprint density at radius 2 is 2.18 bits per heavy atom. The van der Waals surface area contributed by atoms with Crippen molar-refractivity contribution in [2.45, 2.75) is 25.4 Å². The van der Waals surface area contributed by atoms with Crippen LogP contribution in [0.25, 0.3) is 0 Å². The van der Waals surface area contributed by atoms with Gasteiger partial charge in [0.15, 0.2) is 5.82 Å². The molecule has 1 aliphatic carbocycles. The summed E-state index contributed by atoms with van der Waals surface area (Å²) < 4.78 is 14.3. The first kappa shape index (κ1) is 14.2. The molecule has 0 aliphatic heterocycles. The average molecular weight is 303 g/mol. The molecular weight excluding hydrogens is 289 g/mol. The molecule has 0 saturated carbocycles. The van der Waals surface area contributed by atoms with Crippen molar-refractivity contribution in [1.29, 1.82) is 0 Å². The predicted molar refractivity (Wildman–Crippen MR) is 77.4 cm³/mol. The highest BCUT2D eigenvalue weighted by Crippen LogP contribution is 2.24. The fraction of sp³-hybridized carbons (Fsp3) is 0.267. The number of carbonyl (C=O) groups is 1. The first-order valence-corrected chi connectivity index (χ1v) is 6.84. The molecule has 3 rings (SSSR count). The zero-order valence-corrected chi connectivity index (χ0v) is 11.6. The number of rotatable bonds is 4. The summed E-state index contributed by atoms with van der Waals surface area (Å²) in [5.74, 6) is -1.26. The molecule has 1 aliphatic rings. The van der Waals surface area contributed by atoms with Crippen LogP contribution < -0.4 is 10.9 Å². The Kier molecular flexibility index (Phi) is 3.62. The van der Waals surface area contributed by atoms with Gasteiger partial charge in [0, 0.05) is 18.4 Å². The number of fused-ring (bicyclic) bond motifs is 1. The van der Waals surface area contributed by atoms with Crippen molar-refractivity contribution in [2.75, 3.05) is 5.32 Å². The van der Waals surface area contributed by atoms with E-state index in [2.05, 4.69) is 10.3 Å². The van der Waals surface area contributed by atoms with Crippen molar-refractivity contribution in [3.8, 4) is 0 Å². The summed E-state index contributed by atoms with van der Waals surface area (Å²) in [7, 11) is 0. The number of halogens is 1. The van der Waals surface area contributed by atoms with Crippen molar-refractivity contribution >= 4 is 11.8 Å². The monoisotopic (exact) mass is 303 g/mol. The van der Waals surface area contributed by atoms with Gasteiger partial charge in [-0.25, -0.2) is 9.37 Å². The summed E-state index contributed by atoms with van der Waals surface area (Å²) in [5.41, 5.74) is 1.48. The maximum atomic E-state index is 13.2. The standard InChI is InChI=1S/C15H14FN3O3/c16-11-2-1-9-6-12(7-10(9)5-11)18-14-15(22)19(4-3-17-14)8-13(20)21/h1-5,12H,6-8H2,(H,17,18)(H,20,21). The molecule has 6 nitrogen and oxygen atoms in total. The van der Waals surface area contributed by atoms with Crippen LogP contribution in [0.5, 0.6) is 0 Å². The lowest BCUT2D eigenvalue weighted by molar-refractivity contribution is -0.137. The Hall–Kier alpha value is -2.70. The van der Waals surface area contributed by atoms with E-state index in [1.54, 1.807) is 6.07 Å². The highest BCUT2D eigenvalue weighted by atomic mass is 19.1. The molecule has 22 heavy (non-hydrogen) atoms. The molecule has 7 heteroatoms. The zero-order chi connectivity index (χ0) is 15.7. The third kappa shape index (κ3) is 2.83. The van der Waals surface area contributed by atoms with Gasteiger partial charge in [-0.1, -0.05) is 6.07 Å². The van der Waals surface area contributed by atoms with Crippen molar-refractivity contribution in [3.63, 3.8) is 0 Å². The van der Waals surface area contributed by atoms with E-state index in [1.807, 2.05) is 0 Å². The van der Waals surface area contributed by atoms with E-state index in [9.17, 15) is 14.0 Å². The van der Waals surface area contributed by atoms with Crippen molar-refractivity contribution in [1.82, 2.24) is 9.55 Å². The lowest BCUT2D eigenvalue weighted by atomic mass is 10.1. The Balaban J connectivity index is 1.78. The number of hydrogen-bond donors (Lipinski definition) is 2. The maximum Gasteiger partial charge on any atom is 0.323 e. The summed E-state index contributed by atoms with van der Waals surface area (Å²) >= 11 is 0. The molecule has 114 valence electrons. The molecule has 0 radical (unpaired) electrons. The molecule has 1 aromatic heterocycles. The molecule has 1 heterocycles. The summed E-state index contributed by atoms with van der Waals surface area (Å²) in [6.07, 6.45) is 3.99. The highest BCUT2D eigenvalue weighted by molar-refractivity contribution is 5.66.